The topological polar surface area (TPSA) is 72.2 Å². The number of aryl methyl sites for hydroxylation is 2. The quantitative estimate of drug-likeness (QED) is 0.813. The van der Waals surface area contributed by atoms with Crippen molar-refractivity contribution in [3.8, 4) is 0 Å². The Labute approximate surface area is 114 Å². The van der Waals surface area contributed by atoms with Crippen molar-refractivity contribution in [3.63, 3.8) is 0 Å². The third kappa shape index (κ3) is 3.43. The first kappa shape index (κ1) is 14.9. The molecule has 6 heteroatoms. The molecule has 0 amide bonds. The molecule has 0 aliphatic rings. The lowest BCUT2D eigenvalue weighted by atomic mass is 10.1. The van der Waals surface area contributed by atoms with Crippen LogP contribution >= 0.6 is 12.2 Å². The molecule has 0 aromatic heterocycles. The molecule has 1 atom stereocenters. The van der Waals surface area contributed by atoms with Crippen LogP contribution in [0.15, 0.2) is 18.2 Å². The first-order chi connectivity index (χ1) is 8.27. The maximum Gasteiger partial charge on any atom is 0.242 e. The van der Waals surface area contributed by atoms with Gasteiger partial charge in [0.05, 0.1) is 4.99 Å². The van der Waals surface area contributed by atoms with Gasteiger partial charge < -0.3 is 5.73 Å². The van der Waals surface area contributed by atoms with E-state index in [-0.39, 0.29) is 4.99 Å². The number of hydrogen-bond donors (Lipinski definition) is 2. The summed E-state index contributed by atoms with van der Waals surface area (Å²) in [6.07, 6.45) is 0.357. The van der Waals surface area contributed by atoms with Crippen molar-refractivity contribution in [1.82, 2.24) is 0 Å². The van der Waals surface area contributed by atoms with Crippen LogP contribution in [0, 0.1) is 13.8 Å². The van der Waals surface area contributed by atoms with Gasteiger partial charge in [-0.2, -0.15) is 0 Å². The monoisotopic (exact) mass is 286 g/mol. The number of nitrogens with two attached hydrogens (primary N) is 1. The molecule has 0 aliphatic carbocycles. The van der Waals surface area contributed by atoms with Gasteiger partial charge in [-0.3, -0.25) is 4.72 Å². The molecule has 1 aromatic carbocycles. The molecule has 0 aliphatic heterocycles. The van der Waals surface area contributed by atoms with Gasteiger partial charge in [0.2, 0.25) is 10.0 Å². The van der Waals surface area contributed by atoms with E-state index in [1.165, 1.54) is 0 Å². The minimum Gasteiger partial charge on any atom is -0.392 e. The van der Waals surface area contributed by atoms with Crippen molar-refractivity contribution in [3.05, 3.63) is 29.3 Å². The highest BCUT2D eigenvalue weighted by Gasteiger charge is 2.26. The SMILES string of the molecule is CCC(C(N)=S)S(=O)(=O)Nc1ccc(C)c(C)c1. The molecule has 0 fully saturated rings. The molecular formula is C12H18N2O2S2. The van der Waals surface area contributed by atoms with Crippen LogP contribution in [0.25, 0.3) is 0 Å². The third-order valence-corrected chi connectivity index (χ3v) is 5.12. The lowest BCUT2D eigenvalue weighted by molar-refractivity contribution is 0.594. The second kappa shape index (κ2) is 5.67. The van der Waals surface area contributed by atoms with E-state index in [0.29, 0.717) is 12.1 Å². The van der Waals surface area contributed by atoms with Gasteiger partial charge in [0.1, 0.15) is 5.25 Å². The van der Waals surface area contributed by atoms with E-state index in [1.54, 1.807) is 19.1 Å². The molecule has 1 rings (SSSR count). The van der Waals surface area contributed by atoms with Crippen LogP contribution in [0.5, 0.6) is 0 Å². The number of hydrogen-bond acceptors (Lipinski definition) is 3. The van der Waals surface area contributed by atoms with Crippen LogP contribution in [0.2, 0.25) is 0 Å². The Bertz CT molecular complexity index is 553. The van der Waals surface area contributed by atoms with E-state index in [9.17, 15) is 8.42 Å². The fourth-order valence-electron chi connectivity index (χ4n) is 1.61. The van der Waals surface area contributed by atoms with Gasteiger partial charge in [-0.1, -0.05) is 25.2 Å². The average Bonchev–Trinajstić information content (AvgIpc) is 2.22. The summed E-state index contributed by atoms with van der Waals surface area (Å²) >= 11 is 4.79. The first-order valence-corrected chi connectivity index (χ1v) is 7.61. The Hall–Kier alpha value is -1.14. The Morgan fingerprint density at radius 2 is 2.00 bits per heavy atom. The molecule has 1 unspecified atom stereocenters. The van der Waals surface area contributed by atoms with Gasteiger partial charge in [0, 0.05) is 5.69 Å². The number of anilines is 1. The minimum absolute atomic E-state index is 0.00571. The van der Waals surface area contributed by atoms with E-state index in [2.05, 4.69) is 4.72 Å². The summed E-state index contributed by atoms with van der Waals surface area (Å²) in [5, 5.41) is -0.839. The molecule has 1 aromatic rings. The van der Waals surface area contributed by atoms with E-state index in [1.807, 2.05) is 19.9 Å². The van der Waals surface area contributed by atoms with Crippen molar-refractivity contribution in [1.29, 1.82) is 0 Å². The van der Waals surface area contributed by atoms with Gasteiger partial charge in [-0.05, 0) is 43.5 Å². The lowest BCUT2D eigenvalue weighted by Crippen LogP contribution is -2.37. The molecule has 18 heavy (non-hydrogen) atoms. The van der Waals surface area contributed by atoms with Crippen molar-refractivity contribution in [2.45, 2.75) is 32.4 Å². The molecule has 100 valence electrons. The second-order valence-electron chi connectivity index (χ2n) is 4.25. The Kier molecular flexibility index (Phi) is 4.70. The molecule has 0 bridgehead atoms. The van der Waals surface area contributed by atoms with Crippen LogP contribution in [-0.4, -0.2) is 18.7 Å². The normalized spacial score (nSPS) is 13.1. The number of thiocarbonyl (C=S) groups is 1. The highest BCUT2D eigenvalue weighted by Crippen LogP contribution is 2.18. The Balaban J connectivity index is 3.01. The second-order valence-corrected chi connectivity index (χ2v) is 6.58. The van der Waals surface area contributed by atoms with Crippen LogP contribution < -0.4 is 10.5 Å². The highest BCUT2D eigenvalue weighted by atomic mass is 32.2. The molecule has 0 radical (unpaired) electrons. The van der Waals surface area contributed by atoms with E-state index in [0.717, 1.165) is 11.1 Å². The van der Waals surface area contributed by atoms with Crippen LogP contribution in [0.4, 0.5) is 5.69 Å². The molecule has 0 spiro atoms. The van der Waals surface area contributed by atoms with E-state index < -0.39 is 15.3 Å². The maximum absolute atomic E-state index is 12.1. The highest BCUT2D eigenvalue weighted by molar-refractivity contribution is 7.95. The van der Waals surface area contributed by atoms with Crippen molar-refractivity contribution < 1.29 is 8.42 Å². The minimum atomic E-state index is -3.57. The van der Waals surface area contributed by atoms with Crippen molar-refractivity contribution >= 4 is 32.9 Å². The van der Waals surface area contributed by atoms with Crippen LogP contribution in [-0.2, 0) is 10.0 Å². The maximum atomic E-state index is 12.1. The fourth-order valence-corrected chi connectivity index (χ4v) is 3.50. The molecular weight excluding hydrogens is 268 g/mol. The van der Waals surface area contributed by atoms with Gasteiger partial charge in [-0.15, -0.1) is 0 Å². The summed E-state index contributed by atoms with van der Waals surface area (Å²) < 4.78 is 26.7. The van der Waals surface area contributed by atoms with Gasteiger partial charge in [0.25, 0.3) is 0 Å². The van der Waals surface area contributed by atoms with Crippen molar-refractivity contribution in [2.75, 3.05) is 4.72 Å². The average molecular weight is 286 g/mol. The number of rotatable bonds is 5. The van der Waals surface area contributed by atoms with Crippen LogP contribution in [0.3, 0.4) is 0 Å². The zero-order valence-electron chi connectivity index (χ0n) is 10.7. The van der Waals surface area contributed by atoms with Crippen molar-refractivity contribution in [2.24, 2.45) is 5.73 Å². The smallest absolute Gasteiger partial charge is 0.242 e. The summed E-state index contributed by atoms with van der Waals surface area (Å²) in [5.41, 5.74) is 8.13. The van der Waals surface area contributed by atoms with Gasteiger partial charge >= 0.3 is 0 Å². The van der Waals surface area contributed by atoms with E-state index in [4.69, 9.17) is 18.0 Å². The standard InChI is InChI=1S/C12H18N2O2S2/c1-4-11(12(13)17)18(15,16)14-10-6-5-8(2)9(3)7-10/h5-7,11,14H,4H2,1-3H3,(H2,13,17). The largest absolute Gasteiger partial charge is 0.392 e. The summed E-state index contributed by atoms with van der Waals surface area (Å²) in [4.78, 5) is -0.00571. The number of sulfonamides is 1. The predicted octanol–water partition coefficient (Wildman–Crippen LogP) is 2.11. The van der Waals surface area contributed by atoms with Gasteiger partial charge in [0.15, 0.2) is 0 Å². The van der Waals surface area contributed by atoms with Gasteiger partial charge in [-0.25, -0.2) is 8.42 Å². The molecule has 0 saturated heterocycles. The Morgan fingerprint density at radius 3 is 2.44 bits per heavy atom. The summed E-state index contributed by atoms with van der Waals surface area (Å²) in [6, 6.07) is 5.39. The summed E-state index contributed by atoms with van der Waals surface area (Å²) in [5.74, 6) is 0. The van der Waals surface area contributed by atoms with E-state index >= 15 is 0 Å². The summed E-state index contributed by atoms with van der Waals surface area (Å²) in [6.45, 7) is 5.64. The molecule has 0 saturated carbocycles. The summed E-state index contributed by atoms with van der Waals surface area (Å²) in [7, 11) is -3.57. The number of nitrogens with one attached hydrogen (secondary N) is 1. The fraction of sp³-hybridized carbons (Fsp3) is 0.417. The zero-order chi connectivity index (χ0) is 13.9. The zero-order valence-corrected chi connectivity index (χ0v) is 12.4. The molecule has 0 heterocycles. The Morgan fingerprint density at radius 1 is 1.39 bits per heavy atom. The number of benzene rings is 1. The predicted molar refractivity (Wildman–Crippen MR) is 79.3 cm³/mol. The molecule has 4 nitrogen and oxygen atoms in total. The first-order valence-electron chi connectivity index (χ1n) is 5.66. The lowest BCUT2D eigenvalue weighted by Gasteiger charge is -2.16. The molecule has 3 N–H and O–H groups in total. The third-order valence-electron chi connectivity index (χ3n) is 2.83. The van der Waals surface area contributed by atoms with Crippen LogP contribution in [0.1, 0.15) is 24.5 Å².